The number of carbonyl (C=O) groups is 1. The van der Waals surface area contributed by atoms with E-state index in [0.29, 0.717) is 38.9 Å². The fourth-order valence-corrected chi connectivity index (χ4v) is 3.00. The second-order valence-corrected chi connectivity index (χ2v) is 6.59. The zero-order valence-electron chi connectivity index (χ0n) is 14.3. The SMILES string of the molecule is CCn1c(=O)c(C)nc2cc(C(=O)OCc3ccc(Cl)c(Cl)c3)ccc21. The molecule has 0 spiro atoms. The zero-order chi connectivity index (χ0) is 18.8. The molecule has 7 heteroatoms. The number of rotatable bonds is 4. The van der Waals surface area contributed by atoms with Crippen molar-refractivity contribution in [3.05, 3.63) is 73.6 Å². The number of ether oxygens (including phenoxy) is 1. The fourth-order valence-electron chi connectivity index (χ4n) is 2.68. The maximum absolute atomic E-state index is 12.3. The van der Waals surface area contributed by atoms with Gasteiger partial charge in [-0.25, -0.2) is 9.78 Å². The molecule has 26 heavy (non-hydrogen) atoms. The number of hydrogen-bond donors (Lipinski definition) is 0. The molecule has 3 aromatic rings. The molecular weight excluding hydrogens is 375 g/mol. The Morgan fingerprint density at radius 1 is 1.15 bits per heavy atom. The molecule has 0 amide bonds. The van der Waals surface area contributed by atoms with Gasteiger partial charge in [0.2, 0.25) is 0 Å². The number of aryl methyl sites for hydroxylation is 2. The van der Waals surface area contributed by atoms with Crippen LogP contribution in [-0.4, -0.2) is 15.5 Å². The maximum Gasteiger partial charge on any atom is 0.338 e. The molecule has 0 radical (unpaired) electrons. The van der Waals surface area contributed by atoms with E-state index in [-0.39, 0.29) is 12.2 Å². The van der Waals surface area contributed by atoms with Gasteiger partial charge in [-0.05, 0) is 49.7 Å². The van der Waals surface area contributed by atoms with Crippen LogP contribution in [0, 0.1) is 6.92 Å². The molecule has 0 aliphatic carbocycles. The summed E-state index contributed by atoms with van der Waals surface area (Å²) in [6.45, 7) is 4.15. The van der Waals surface area contributed by atoms with Gasteiger partial charge in [0.15, 0.2) is 0 Å². The van der Waals surface area contributed by atoms with Crippen LogP contribution in [0.25, 0.3) is 11.0 Å². The first-order valence-corrected chi connectivity index (χ1v) is 8.78. The van der Waals surface area contributed by atoms with Crippen LogP contribution in [0.2, 0.25) is 10.0 Å². The van der Waals surface area contributed by atoms with Crippen molar-refractivity contribution in [2.75, 3.05) is 0 Å². The van der Waals surface area contributed by atoms with Crippen LogP contribution in [-0.2, 0) is 17.9 Å². The van der Waals surface area contributed by atoms with Crippen molar-refractivity contribution < 1.29 is 9.53 Å². The quantitative estimate of drug-likeness (QED) is 0.619. The molecule has 0 aliphatic rings. The van der Waals surface area contributed by atoms with Crippen molar-refractivity contribution in [3.63, 3.8) is 0 Å². The highest BCUT2D eigenvalue weighted by Crippen LogP contribution is 2.23. The minimum absolute atomic E-state index is 0.0780. The lowest BCUT2D eigenvalue weighted by Gasteiger charge is -2.10. The Morgan fingerprint density at radius 3 is 2.62 bits per heavy atom. The molecule has 0 saturated heterocycles. The van der Waals surface area contributed by atoms with Crippen molar-refractivity contribution in [1.82, 2.24) is 9.55 Å². The van der Waals surface area contributed by atoms with Gasteiger partial charge in [-0.1, -0.05) is 29.3 Å². The van der Waals surface area contributed by atoms with Gasteiger partial charge in [0.25, 0.3) is 5.56 Å². The Labute approximate surface area is 160 Å². The van der Waals surface area contributed by atoms with E-state index in [4.69, 9.17) is 27.9 Å². The number of hydrogen-bond acceptors (Lipinski definition) is 4. The largest absolute Gasteiger partial charge is 0.457 e. The van der Waals surface area contributed by atoms with Gasteiger partial charge in [0.1, 0.15) is 12.3 Å². The number of fused-ring (bicyclic) bond motifs is 1. The predicted octanol–water partition coefficient (Wildman–Crippen LogP) is 4.39. The van der Waals surface area contributed by atoms with Gasteiger partial charge >= 0.3 is 5.97 Å². The summed E-state index contributed by atoms with van der Waals surface area (Å²) < 4.78 is 6.96. The topological polar surface area (TPSA) is 61.2 Å². The van der Waals surface area contributed by atoms with Crippen LogP contribution in [0.1, 0.15) is 28.5 Å². The van der Waals surface area contributed by atoms with Crippen LogP contribution in [0.3, 0.4) is 0 Å². The average molecular weight is 391 g/mol. The van der Waals surface area contributed by atoms with E-state index in [1.54, 1.807) is 47.9 Å². The van der Waals surface area contributed by atoms with Crippen molar-refractivity contribution in [1.29, 1.82) is 0 Å². The smallest absolute Gasteiger partial charge is 0.338 e. The van der Waals surface area contributed by atoms with E-state index < -0.39 is 5.97 Å². The van der Waals surface area contributed by atoms with Gasteiger partial charge in [0, 0.05) is 6.54 Å². The lowest BCUT2D eigenvalue weighted by Crippen LogP contribution is -2.23. The Hall–Kier alpha value is -2.37. The minimum Gasteiger partial charge on any atom is -0.457 e. The van der Waals surface area contributed by atoms with Crippen LogP contribution >= 0.6 is 23.2 Å². The Kier molecular flexibility index (Phi) is 5.30. The average Bonchev–Trinajstić information content (AvgIpc) is 2.63. The monoisotopic (exact) mass is 390 g/mol. The first-order chi connectivity index (χ1) is 12.4. The highest BCUT2D eigenvalue weighted by molar-refractivity contribution is 6.42. The van der Waals surface area contributed by atoms with E-state index in [1.165, 1.54) is 0 Å². The Morgan fingerprint density at radius 2 is 1.92 bits per heavy atom. The third kappa shape index (κ3) is 3.59. The molecule has 0 atom stereocenters. The highest BCUT2D eigenvalue weighted by atomic mass is 35.5. The molecule has 0 fully saturated rings. The van der Waals surface area contributed by atoms with E-state index in [0.717, 1.165) is 5.56 Å². The maximum atomic E-state index is 12.3. The number of benzene rings is 2. The summed E-state index contributed by atoms with van der Waals surface area (Å²) in [6.07, 6.45) is 0. The third-order valence-corrected chi connectivity index (χ3v) is 4.75. The van der Waals surface area contributed by atoms with Crippen LogP contribution in [0.4, 0.5) is 0 Å². The van der Waals surface area contributed by atoms with Gasteiger partial charge in [-0.15, -0.1) is 0 Å². The molecule has 0 aliphatic heterocycles. The lowest BCUT2D eigenvalue weighted by molar-refractivity contribution is 0.0473. The van der Waals surface area contributed by atoms with Crippen LogP contribution < -0.4 is 5.56 Å². The van der Waals surface area contributed by atoms with Gasteiger partial charge in [0.05, 0.1) is 26.6 Å². The van der Waals surface area contributed by atoms with Crippen molar-refractivity contribution in [2.24, 2.45) is 0 Å². The minimum atomic E-state index is -0.480. The standard InChI is InChI=1S/C19H16Cl2N2O3/c1-3-23-17-7-5-13(9-16(17)22-11(2)18(23)24)19(25)26-10-12-4-6-14(20)15(21)8-12/h4-9H,3,10H2,1-2H3. The van der Waals surface area contributed by atoms with E-state index in [1.807, 2.05) is 6.92 Å². The van der Waals surface area contributed by atoms with E-state index in [2.05, 4.69) is 4.98 Å². The van der Waals surface area contributed by atoms with Crippen molar-refractivity contribution in [3.8, 4) is 0 Å². The summed E-state index contributed by atoms with van der Waals surface area (Å²) in [5.74, 6) is -0.480. The normalized spacial score (nSPS) is 10.9. The zero-order valence-corrected chi connectivity index (χ0v) is 15.8. The molecule has 1 heterocycles. The Balaban J connectivity index is 1.85. The molecule has 0 N–H and O–H groups in total. The van der Waals surface area contributed by atoms with E-state index >= 15 is 0 Å². The first-order valence-electron chi connectivity index (χ1n) is 8.03. The van der Waals surface area contributed by atoms with Crippen LogP contribution in [0.5, 0.6) is 0 Å². The molecule has 1 aromatic heterocycles. The highest BCUT2D eigenvalue weighted by Gasteiger charge is 2.12. The summed E-state index contributed by atoms with van der Waals surface area (Å²) in [5.41, 5.74) is 2.63. The predicted molar refractivity (Wildman–Crippen MR) is 102 cm³/mol. The van der Waals surface area contributed by atoms with E-state index in [9.17, 15) is 9.59 Å². The summed E-state index contributed by atoms with van der Waals surface area (Å²) in [7, 11) is 0. The second kappa shape index (κ2) is 7.48. The van der Waals surface area contributed by atoms with Crippen molar-refractivity contribution >= 4 is 40.2 Å². The summed E-state index contributed by atoms with van der Waals surface area (Å²) in [6, 6.07) is 10.0. The molecule has 134 valence electrons. The number of aromatic nitrogens is 2. The number of halogens is 2. The molecule has 2 aromatic carbocycles. The number of nitrogens with zero attached hydrogens (tertiary/aromatic N) is 2. The molecule has 3 rings (SSSR count). The summed E-state index contributed by atoms with van der Waals surface area (Å²) in [4.78, 5) is 28.8. The summed E-state index contributed by atoms with van der Waals surface area (Å²) >= 11 is 11.8. The Bertz CT molecular complexity index is 1060. The molecule has 0 bridgehead atoms. The van der Waals surface area contributed by atoms with Gasteiger partial charge < -0.3 is 9.30 Å². The molecular formula is C19H16Cl2N2O3. The lowest BCUT2D eigenvalue weighted by atomic mass is 10.2. The third-order valence-electron chi connectivity index (χ3n) is 4.01. The first kappa shape index (κ1) is 18.4. The van der Waals surface area contributed by atoms with Crippen molar-refractivity contribution in [2.45, 2.75) is 27.0 Å². The van der Waals surface area contributed by atoms with Gasteiger partial charge in [-0.3, -0.25) is 4.79 Å². The molecule has 0 saturated carbocycles. The van der Waals surface area contributed by atoms with Gasteiger partial charge in [-0.2, -0.15) is 0 Å². The second-order valence-electron chi connectivity index (χ2n) is 5.77. The summed E-state index contributed by atoms with van der Waals surface area (Å²) in [5, 5.41) is 0.850. The molecule has 5 nitrogen and oxygen atoms in total. The fraction of sp³-hybridized carbons (Fsp3) is 0.211. The molecule has 0 unspecified atom stereocenters. The van der Waals surface area contributed by atoms with Crippen LogP contribution in [0.15, 0.2) is 41.2 Å². The number of esters is 1. The number of carbonyl (C=O) groups excluding carboxylic acids is 1.